The average Bonchev–Trinajstić information content (AvgIpc) is 3.04. The third kappa shape index (κ3) is 1.93. The maximum absolute atomic E-state index is 11.4. The summed E-state index contributed by atoms with van der Waals surface area (Å²) < 4.78 is 0. The second-order valence-corrected chi connectivity index (χ2v) is 5.94. The first kappa shape index (κ1) is 13.1. The lowest BCUT2D eigenvalue weighted by atomic mass is 9.76. The summed E-state index contributed by atoms with van der Waals surface area (Å²) >= 11 is 0. The first-order valence-corrected chi connectivity index (χ1v) is 7.58. The van der Waals surface area contributed by atoms with Gasteiger partial charge in [-0.2, -0.15) is 0 Å². The van der Waals surface area contributed by atoms with Gasteiger partial charge in [-0.3, -0.25) is 0 Å². The number of hydrogen-bond acceptors (Lipinski definition) is 3. The first-order chi connectivity index (χ1) is 10.8. The molecule has 1 heterocycles. The Balaban J connectivity index is 1.85. The zero-order valence-electron chi connectivity index (χ0n) is 12.0. The molecule has 0 unspecified atom stereocenters. The van der Waals surface area contributed by atoms with E-state index in [4.69, 9.17) is 0 Å². The highest BCUT2D eigenvalue weighted by atomic mass is 16.4. The van der Waals surface area contributed by atoms with Gasteiger partial charge < -0.3 is 15.2 Å². The number of nitrogens with one attached hydrogen (secondary N) is 1. The third-order valence-electron chi connectivity index (χ3n) is 4.78. The van der Waals surface area contributed by atoms with E-state index in [1.54, 1.807) is 12.1 Å². The lowest BCUT2D eigenvalue weighted by Crippen LogP contribution is -2.32. The normalized spacial score (nSPS) is 25.2. The molecule has 3 heteroatoms. The summed E-state index contributed by atoms with van der Waals surface area (Å²) in [5, 5.41) is 14.9. The molecule has 1 N–H and O–H groups in total. The molecule has 22 heavy (non-hydrogen) atoms. The quantitative estimate of drug-likeness (QED) is 0.865. The van der Waals surface area contributed by atoms with Gasteiger partial charge in [-0.15, -0.1) is 0 Å². The van der Waals surface area contributed by atoms with E-state index in [1.807, 2.05) is 24.3 Å². The summed E-state index contributed by atoms with van der Waals surface area (Å²) in [7, 11) is 0. The number of carbonyl (C=O) groups is 1. The highest BCUT2D eigenvalue weighted by molar-refractivity contribution is 5.94. The fraction of sp³-hybridized carbons (Fsp3) is 0.211. The Morgan fingerprint density at radius 1 is 1.09 bits per heavy atom. The molecule has 0 saturated heterocycles. The van der Waals surface area contributed by atoms with Crippen molar-refractivity contribution in [3.05, 3.63) is 77.4 Å². The van der Waals surface area contributed by atoms with Crippen LogP contribution in [0.25, 0.3) is 0 Å². The number of carboxylic acids is 1. The van der Waals surface area contributed by atoms with Crippen molar-refractivity contribution in [2.45, 2.75) is 18.4 Å². The predicted octanol–water partition coefficient (Wildman–Crippen LogP) is 2.88. The summed E-state index contributed by atoms with van der Waals surface area (Å²) in [4.78, 5) is 11.4. The molecule has 0 saturated carbocycles. The molecule has 0 aromatic heterocycles. The van der Waals surface area contributed by atoms with Gasteiger partial charge >= 0.3 is 0 Å². The fourth-order valence-electron chi connectivity index (χ4n) is 3.78. The Kier molecular flexibility index (Phi) is 3.00. The molecule has 2 aromatic rings. The van der Waals surface area contributed by atoms with Crippen LogP contribution in [0.15, 0.2) is 60.7 Å². The molecule has 0 bridgehead atoms. The predicted molar refractivity (Wildman–Crippen MR) is 83.6 cm³/mol. The van der Waals surface area contributed by atoms with Gasteiger partial charge in [-0.25, -0.2) is 0 Å². The maximum Gasteiger partial charge on any atom is 0.0736 e. The van der Waals surface area contributed by atoms with Crippen LogP contribution in [0.4, 0.5) is 5.69 Å². The van der Waals surface area contributed by atoms with Crippen molar-refractivity contribution in [1.82, 2.24) is 0 Å². The molecule has 1 aliphatic heterocycles. The Morgan fingerprint density at radius 2 is 1.91 bits per heavy atom. The number of fused-ring (bicyclic) bond motifs is 3. The Hall–Kier alpha value is -2.55. The molecular formula is C19H16NO2-. The summed E-state index contributed by atoms with van der Waals surface area (Å²) in [6, 6.07) is 15.8. The Labute approximate surface area is 129 Å². The summed E-state index contributed by atoms with van der Waals surface area (Å²) in [6.07, 6.45) is 5.42. The van der Waals surface area contributed by atoms with E-state index in [0.29, 0.717) is 11.6 Å². The van der Waals surface area contributed by atoms with E-state index in [0.717, 1.165) is 12.0 Å². The lowest BCUT2D eigenvalue weighted by Gasteiger charge is -2.38. The van der Waals surface area contributed by atoms with Crippen molar-refractivity contribution in [1.29, 1.82) is 0 Å². The van der Waals surface area contributed by atoms with Gasteiger partial charge in [0.25, 0.3) is 0 Å². The van der Waals surface area contributed by atoms with Crippen molar-refractivity contribution < 1.29 is 9.90 Å². The smallest absolute Gasteiger partial charge is 0.0736 e. The highest BCUT2D eigenvalue weighted by Crippen LogP contribution is 2.50. The van der Waals surface area contributed by atoms with Crippen molar-refractivity contribution in [3.63, 3.8) is 0 Å². The molecule has 0 fully saturated rings. The van der Waals surface area contributed by atoms with Crippen molar-refractivity contribution >= 4 is 11.7 Å². The third-order valence-corrected chi connectivity index (χ3v) is 4.78. The molecule has 4 rings (SSSR count). The number of allylic oxidation sites excluding steroid dienone is 2. The van der Waals surface area contributed by atoms with Crippen LogP contribution in [0.5, 0.6) is 0 Å². The molecule has 2 aliphatic rings. The topological polar surface area (TPSA) is 52.2 Å². The minimum Gasteiger partial charge on any atom is -0.545 e. The van der Waals surface area contributed by atoms with Gasteiger partial charge in [-0.1, -0.05) is 60.7 Å². The average molecular weight is 290 g/mol. The van der Waals surface area contributed by atoms with E-state index < -0.39 is 5.97 Å². The second-order valence-electron chi connectivity index (χ2n) is 5.94. The standard InChI is InChI=1S/C19H17NO2/c21-19(22)16-11-5-10-15-13-8-4-9-14(13)17(20-18(15)16)12-6-2-1-3-7-12/h1-8,10-11,13-14,17,20H,9H2,(H,21,22)/p-1/t13-,14-,17-/m0/s1. The van der Waals surface area contributed by atoms with Gasteiger partial charge in [-0.05, 0) is 23.5 Å². The molecule has 3 nitrogen and oxygen atoms in total. The molecule has 0 radical (unpaired) electrons. The van der Waals surface area contributed by atoms with Crippen LogP contribution in [-0.4, -0.2) is 5.97 Å². The number of aromatic carboxylic acids is 1. The van der Waals surface area contributed by atoms with Gasteiger partial charge in [0.2, 0.25) is 0 Å². The highest BCUT2D eigenvalue weighted by Gasteiger charge is 2.38. The minimum absolute atomic E-state index is 0.120. The number of para-hydroxylation sites is 1. The molecule has 2 aromatic carbocycles. The Morgan fingerprint density at radius 3 is 2.68 bits per heavy atom. The first-order valence-electron chi connectivity index (χ1n) is 7.58. The summed E-state index contributed by atoms with van der Waals surface area (Å²) in [6.45, 7) is 0. The largest absolute Gasteiger partial charge is 0.545 e. The van der Waals surface area contributed by atoms with Gasteiger partial charge in [0.15, 0.2) is 0 Å². The monoisotopic (exact) mass is 290 g/mol. The number of carboxylic acid groups (broad SMARTS) is 1. The molecule has 0 amide bonds. The SMILES string of the molecule is O=C([O-])c1cccc2c1N[C@@H](c1ccccc1)[C@H]1CC=C[C@H]21. The fourth-order valence-corrected chi connectivity index (χ4v) is 3.78. The lowest BCUT2D eigenvalue weighted by molar-refractivity contribution is -0.254. The van der Waals surface area contributed by atoms with Crippen LogP contribution in [-0.2, 0) is 0 Å². The van der Waals surface area contributed by atoms with E-state index in [1.165, 1.54) is 5.56 Å². The molecule has 3 atom stereocenters. The summed E-state index contributed by atoms with van der Waals surface area (Å²) in [5.41, 5.74) is 3.22. The van der Waals surface area contributed by atoms with Gasteiger partial charge in [0.1, 0.15) is 0 Å². The molecule has 110 valence electrons. The van der Waals surface area contributed by atoms with Crippen molar-refractivity contribution in [2.75, 3.05) is 5.32 Å². The maximum atomic E-state index is 11.4. The van der Waals surface area contributed by atoms with Crippen molar-refractivity contribution in [2.24, 2.45) is 5.92 Å². The van der Waals surface area contributed by atoms with Crippen LogP contribution < -0.4 is 10.4 Å². The summed E-state index contributed by atoms with van der Waals surface area (Å²) in [5.74, 6) is -0.441. The van der Waals surface area contributed by atoms with Crippen LogP contribution in [0.2, 0.25) is 0 Å². The van der Waals surface area contributed by atoms with E-state index in [9.17, 15) is 9.90 Å². The van der Waals surface area contributed by atoms with Gasteiger partial charge in [0.05, 0.1) is 12.0 Å². The number of carbonyl (C=O) groups excluding carboxylic acids is 1. The number of hydrogen-bond donors (Lipinski definition) is 1. The number of rotatable bonds is 2. The van der Waals surface area contributed by atoms with E-state index in [-0.39, 0.29) is 17.5 Å². The Bertz CT molecular complexity index is 751. The van der Waals surface area contributed by atoms with E-state index in [2.05, 4.69) is 29.6 Å². The number of anilines is 1. The zero-order valence-corrected chi connectivity index (χ0v) is 12.0. The van der Waals surface area contributed by atoms with Crippen molar-refractivity contribution in [3.8, 4) is 0 Å². The second kappa shape index (κ2) is 5.02. The van der Waals surface area contributed by atoms with E-state index >= 15 is 0 Å². The molecular weight excluding hydrogens is 274 g/mol. The molecule has 1 aliphatic carbocycles. The molecule has 0 spiro atoms. The minimum atomic E-state index is -1.13. The van der Waals surface area contributed by atoms with Crippen LogP contribution >= 0.6 is 0 Å². The zero-order chi connectivity index (χ0) is 15.1. The van der Waals surface area contributed by atoms with Gasteiger partial charge in [0, 0.05) is 17.2 Å². The van der Waals surface area contributed by atoms with Crippen LogP contribution in [0.1, 0.15) is 39.9 Å². The van der Waals surface area contributed by atoms with Crippen LogP contribution in [0, 0.1) is 5.92 Å². The van der Waals surface area contributed by atoms with Crippen LogP contribution in [0.3, 0.4) is 0 Å². The number of benzene rings is 2.